The molecule has 1 saturated heterocycles. The molecular formula is C21H24ClN5OS. The van der Waals surface area contributed by atoms with Gasteiger partial charge in [0.05, 0.1) is 16.9 Å². The molecule has 1 aliphatic rings. The van der Waals surface area contributed by atoms with Crippen molar-refractivity contribution >= 4 is 28.8 Å². The Morgan fingerprint density at radius 2 is 2.07 bits per heavy atom. The molecule has 0 spiro atoms. The Bertz CT molecular complexity index is 992. The van der Waals surface area contributed by atoms with Crippen LogP contribution in [-0.4, -0.2) is 50.7 Å². The molecule has 3 aromatic rings. The summed E-state index contributed by atoms with van der Waals surface area (Å²) in [4.78, 5) is 19.8. The number of rotatable bonds is 5. The molecule has 0 aliphatic carbocycles. The van der Waals surface area contributed by atoms with Gasteiger partial charge < -0.3 is 10.2 Å². The zero-order valence-corrected chi connectivity index (χ0v) is 18.1. The summed E-state index contributed by atoms with van der Waals surface area (Å²) < 4.78 is 1.73. The summed E-state index contributed by atoms with van der Waals surface area (Å²) in [5.74, 6) is 0.00731. The van der Waals surface area contributed by atoms with Crippen molar-refractivity contribution < 1.29 is 4.79 Å². The van der Waals surface area contributed by atoms with Crippen LogP contribution in [0.25, 0.3) is 16.3 Å². The minimum Gasteiger partial charge on any atom is -0.332 e. The molecule has 4 rings (SSSR count). The number of nitrogens with zero attached hydrogens (tertiary/aromatic N) is 4. The number of carbonyl (C=O) groups is 1. The summed E-state index contributed by atoms with van der Waals surface area (Å²) in [6.07, 6.45) is 5.60. The summed E-state index contributed by atoms with van der Waals surface area (Å²) in [6.45, 7) is 6.04. The number of carbonyl (C=O) groups excluding carboxylic acids is 1. The fraction of sp³-hybridized carbons (Fsp3) is 0.381. The highest BCUT2D eigenvalue weighted by molar-refractivity contribution is 7.13. The normalized spacial score (nSPS) is 15.0. The highest BCUT2D eigenvalue weighted by Gasteiger charge is 2.29. The van der Waals surface area contributed by atoms with Crippen molar-refractivity contribution in [3.63, 3.8) is 0 Å². The Morgan fingerprint density at radius 1 is 1.31 bits per heavy atom. The Labute approximate surface area is 179 Å². The largest absolute Gasteiger partial charge is 0.332 e. The Balaban J connectivity index is 1.56. The molecule has 0 radical (unpaired) electrons. The van der Waals surface area contributed by atoms with Gasteiger partial charge >= 0.3 is 0 Å². The van der Waals surface area contributed by atoms with Crippen LogP contribution in [0.5, 0.6) is 0 Å². The van der Waals surface area contributed by atoms with Crippen LogP contribution in [0.2, 0.25) is 5.02 Å². The summed E-state index contributed by atoms with van der Waals surface area (Å²) >= 11 is 7.73. The van der Waals surface area contributed by atoms with Gasteiger partial charge in [0.1, 0.15) is 10.7 Å². The lowest BCUT2D eigenvalue weighted by Gasteiger charge is -2.37. The second kappa shape index (κ2) is 8.65. The maximum atomic E-state index is 13.2. The predicted octanol–water partition coefficient (Wildman–Crippen LogP) is 4.25. The smallest absolute Gasteiger partial charge is 0.273 e. The van der Waals surface area contributed by atoms with E-state index in [4.69, 9.17) is 11.6 Å². The molecule has 6 nitrogen and oxygen atoms in total. The summed E-state index contributed by atoms with van der Waals surface area (Å²) in [5.41, 5.74) is 2.18. The Kier molecular flexibility index (Phi) is 5.99. The maximum Gasteiger partial charge on any atom is 0.273 e. The van der Waals surface area contributed by atoms with E-state index in [0.29, 0.717) is 10.7 Å². The van der Waals surface area contributed by atoms with Gasteiger partial charge in [-0.3, -0.25) is 4.79 Å². The van der Waals surface area contributed by atoms with E-state index < -0.39 is 0 Å². The van der Waals surface area contributed by atoms with Gasteiger partial charge in [-0.05, 0) is 51.9 Å². The van der Waals surface area contributed by atoms with Crippen molar-refractivity contribution in [2.75, 3.05) is 13.1 Å². The standard InChI is InChI=1S/C21H24ClN5OS/c1-14(2)27(16-7-9-23-10-8-16)21(28)18-13-29-20(25-18)15-11-24-26(12-15)19-6-4-3-5-17(19)22/h3-6,11-14,16,23H,7-10H2,1-2H3. The van der Waals surface area contributed by atoms with Gasteiger partial charge in [0.15, 0.2) is 0 Å². The second-order valence-electron chi connectivity index (χ2n) is 7.45. The average Bonchev–Trinajstić information content (AvgIpc) is 3.39. The monoisotopic (exact) mass is 429 g/mol. The summed E-state index contributed by atoms with van der Waals surface area (Å²) in [7, 11) is 0. The van der Waals surface area contributed by atoms with E-state index in [1.807, 2.05) is 40.7 Å². The van der Waals surface area contributed by atoms with Gasteiger partial charge in [-0.15, -0.1) is 11.3 Å². The predicted molar refractivity (Wildman–Crippen MR) is 117 cm³/mol. The first-order chi connectivity index (χ1) is 14.0. The molecule has 1 aromatic carbocycles. The lowest BCUT2D eigenvalue weighted by molar-refractivity contribution is 0.0560. The minimum atomic E-state index is 0.00731. The number of nitrogens with one attached hydrogen (secondary N) is 1. The molecule has 0 saturated carbocycles. The third-order valence-electron chi connectivity index (χ3n) is 5.15. The number of hydrogen-bond acceptors (Lipinski definition) is 5. The maximum absolute atomic E-state index is 13.2. The number of hydrogen-bond donors (Lipinski definition) is 1. The number of halogens is 1. The van der Waals surface area contributed by atoms with E-state index in [9.17, 15) is 4.79 Å². The molecule has 8 heteroatoms. The minimum absolute atomic E-state index is 0.00731. The van der Waals surface area contributed by atoms with E-state index >= 15 is 0 Å². The molecule has 29 heavy (non-hydrogen) atoms. The van der Waals surface area contributed by atoms with Gasteiger partial charge in [0.25, 0.3) is 5.91 Å². The average molecular weight is 430 g/mol. The van der Waals surface area contributed by atoms with E-state index in [1.165, 1.54) is 11.3 Å². The zero-order chi connectivity index (χ0) is 20.4. The van der Waals surface area contributed by atoms with E-state index in [1.54, 1.807) is 10.9 Å². The molecule has 0 bridgehead atoms. The van der Waals surface area contributed by atoms with Crippen LogP contribution in [0.15, 0.2) is 42.0 Å². The number of benzene rings is 1. The Morgan fingerprint density at radius 3 is 2.79 bits per heavy atom. The van der Waals surface area contributed by atoms with Crippen molar-refractivity contribution in [1.82, 2.24) is 25.0 Å². The first kappa shape index (κ1) is 20.1. The van der Waals surface area contributed by atoms with Crippen molar-refractivity contribution in [2.45, 2.75) is 38.8 Å². The molecule has 3 heterocycles. The molecule has 2 aromatic heterocycles. The van der Waals surface area contributed by atoms with Crippen molar-refractivity contribution in [1.29, 1.82) is 0 Å². The molecule has 1 aliphatic heterocycles. The Hall–Kier alpha value is -2.22. The molecule has 0 unspecified atom stereocenters. The van der Waals surface area contributed by atoms with Crippen LogP contribution in [-0.2, 0) is 0 Å². The molecule has 1 amide bonds. The fourth-order valence-electron chi connectivity index (χ4n) is 3.75. The van der Waals surface area contributed by atoms with Gasteiger partial charge in [0, 0.05) is 29.2 Å². The van der Waals surface area contributed by atoms with Crippen LogP contribution in [0.1, 0.15) is 37.2 Å². The number of para-hydroxylation sites is 1. The molecule has 0 atom stereocenters. The van der Waals surface area contributed by atoms with Gasteiger partial charge in [-0.25, -0.2) is 9.67 Å². The van der Waals surface area contributed by atoms with Crippen LogP contribution in [0.3, 0.4) is 0 Å². The first-order valence-corrected chi connectivity index (χ1v) is 11.1. The van der Waals surface area contributed by atoms with Crippen molar-refractivity contribution in [3.05, 3.63) is 52.8 Å². The fourth-order valence-corrected chi connectivity index (χ4v) is 4.74. The third kappa shape index (κ3) is 4.22. The lowest BCUT2D eigenvalue weighted by atomic mass is 10.0. The van der Waals surface area contributed by atoms with E-state index in [-0.39, 0.29) is 18.0 Å². The third-order valence-corrected chi connectivity index (χ3v) is 6.36. The van der Waals surface area contributed by atoms with E-state index in [0.717, 1.165) is 42.2 Å². The highest BCUT2D eigenvalue weighted by atomic mass is 35.5. The van der Waals surface area contributed by atoms with Crippen molar-refractivity contribution in [2.24, 2.45) is 0 Å². The van der Waals surface area contributed by atoms with Crippen LogP contribution in [0.4, 0.5) is 0 Å². The SMILES string of the molecule is CC(C)N(C(=O)c1csc(-c2cnn(-c3ccccc3Cl)c2)n1)C1CCNCC1. The summed E-state index contributed by atoms with van der Waals surface area (Å²) in [5, 5.41) is 11.0. The van der Waals surface area contributed by atoms with Crippen LogP contribution >= 0.6 is 22.9 Å². The van der Waals surface area contributed by atoms with Gasteiger partial charge in [0.2, 0.25) is 0 Å². The van der Waals surface area contributed by atoms with Crippen LogP contribution in [0, 0.1) is 0 Å². The number of piperidine rings is 1. The molecular weight excluding hydrogens is 406 g/mol. The molecule has 1 fully saturated rings. The zero-order valence-electron chi connectivity index (χ0n) is 16.5. The second-order valence-corrected chi connectivity index (χ2v) is 8.72. The number of aromatic nitrogens is 3. The number of thiazole rings is 1. The topological polar surface area (TPSA) is 63.1 Å². The highest BCUT2D eigenvalue weighted by Crippen LogP contribution is 2.27. The van der Waals surface area contributed by atoms with Crippen molar-refractivity contribution in [3.8, 4) is 16.3 Å². The van der Waals surface area contributed by atoms with Crippen LogP contribution < -0.4 is 5.32 Å². The summed E-state index contributed by atoms with van der Waals surface area (Å²) in [6, 6.07) is 7.95. The lowest BCUT2D eigenvalue weighted by Crippen LogP contribution is -2.49. The molecule has 1 N–H and O–H groups in total. The first-order valence-electron chi connectivity index (χ1n) is 9.83. The molecule has 152 valence electrons. The quantitative estimate of drug-likeness (QED) is 0.658. The van der Waals surface area contributed by atoms with E-state index in [2.05, 4.69) is 29.2 Å². The van der Waals surface area contributed by atoms with Gasteiger partial charge in [-0.1, -0.05) is 23.7 Å². The number of amides is 1. The van der Waals surface area contributed by atoms with Gasteiger partial charge in [-0.2, -0.15) is 5.10 Å².